The molecule has 0 aliphatic carbocycles. The second-order valence-electron chi connectivity index (χ2n) is 4.62. The molecular weight excluding hydrogens is 314 g/mol. The van der Waals surface area contributed by atoms with Crippen molar-refractivity contribution in [2.75, 3.05) is 18.5 Å². The number of nitrogens with one attached hydrogen (secondary N) is 1. The molecule has 2 aromatic heterocycles. The SMILES string of the molecule is CCN(CC)S(=O)(=O)c1ccc(NN=Cc2cccnc2)nc1. The van der Waals surface area contributed by atoms with Crippen molar-refractivity contribution in [2.45, 2.75) is 18.7 Å². The van der Waals surface area contributed by atoms with Crippen LogP contribution in [0.15, 0.2) is 52.9 Å². The Labute approximate surface area is 136 Å². The predicted molar refractivity (Wildman–Crippen MR) is 89.8 cm³/mol. The quantitative estimate of drug-likeness (QED) is 0.618. The summed E-state index contributed by atoms with van der Waals surface area (Å²) in [5.41, 5.74) is 3.60. The highest BCUT2D eigenvalue weighted by Gasteiger charge is 2.21. The minimum atomic E-state index is -3.49. The Bertz CT molecular complexity index is 741. The summed E-state index contributed by atoms with van der Waals surface area (Å²) in [6.45, 7) is 4.46. The van der Waals surface area contributed by atoms with Gasteiger partial charge < -0.3 is 0 Å². The molecule has 0 amide bonds. The van der Waals surface area contributed by atoms with E-state index in [-0.39, 0.29) is 4.90 Å². The highest BCUT2D eigenvalue weighted by molar-refractivity contribution is 7.89. The van der Waals surface area contributed by atoms with Crippen molar-refractivity contribution in [1.29, 1.82) is 0 Å². The van der Waals surface area contributed by atoms with Gasteiger partial charge in [0, 0.05) is 37.2 Å². The third-order valence-electron chi connectivity index (χ3n) is 3.16. The molecule has 0 aliphatic rings. The van der Waals surface area contributed by atoms with Crippen molar-refractivity contribution in [3.05, 3.63) is 48.4 Å². The van der Waals surface area contributed by atoms with Gasteiger partial charge in [0.25, 0.3) is 0 Å². The van der Waals surface area contributed by atoms with E-state index in [1.165, 1.54) is 16.6 Å². The molecule has 0 fully saturated rings. The average molecular weight is 333 g/mol. The van der Waals surface area contributed by atoms with E-state index in [0.717, 1.165) is 5.56 Å². The molecule has 0 saturated carbocycles. The summed E-state index contributed by atoms with van der Waals surface area (Å²) < 4.78 is 26.1. The first kappa shape index (κ1) is 17.0. The fourth-order valence-corrected chi connectivity index (χ4v) is 3.34. The molecule has 8 heteroatoms. The first-order chi connectivity index (χ1) is 11.1. The molecule has 2 rings (SSSR count). The normalized spacial score (nSPS) is 12.0. The third-order valence-corrected chi connectivity index (χ3v) is 5.19. The van der Waals surface area contributed by atoms with Crippen LogP contribution >= 0.6 is 0 Å². The Balaban J connectivity index is 2.06. The van der Waals surface area contributed by atoms with Crippen LogP contribution in [0.1, 0.15) is 19.4 Å². The lowest BCUT2D eigenvalue weighted by atomic mass is 10.3. The molecule has 1 N–H and O–H groups in total. The number of hydrazone groups is 1. The van der Waals surface area contributed by atoms with E-state index in [1.54, 1.807) is 38.5 Å². The fourth-order valence-electron chi connectivity index (χ4n) is 1.94. The summed E-state index contributed by atoms with van der Waals surface area (Å²) in [5, 5.41) is 4.03. The zero-order valence-electron chi connectivity index (χ0n) is 13.0. The molecule has 0 saturated heterocycles. The molecule has 7 nitrogen and oxygen atoms in total. The maximum atomic E-state index is 12.3. The van der Waals surface area contributed by atoms with Gasteiger partial charge in [0.2, 0.25) is 10.0 Å². The van der Waals surface area contributed by atoms with Gasteiger partial charge in [-0.15, -0.1) is 0 Å². The first-order valence-corrected chi connectivity index (χ1v) is 8.67. The summed E-state index contributed by atoms with van der Waals surface area (Å²) in [7, 11) is -3.49. The van der Waals surface area contributed by atoms with E-state index in [0.29, 0.717) is 18.9 Å². The van der Waals surface area contributed by atoms with E-state index < -0.39 is 10.0 Å². The number of rotatable bonds is 7. The molecule has 0 bridgehead atoms. The van der Waals surface area contributed by atoms with Gasteiger partial charge in [0.15, 0.2) is 0 Å². The lowest BCUT2D eigenvalue weighted by Crippen LogP contribution is -2.30. The third kappa shape index (κ3) is 4.33. The van der Waals surface area contributed by atoms with E-state index in [9.17, 15) is 8.42 Å². The maximum absolute atomic E-state index is 12.3. The van der Waals surface area contributed by atoms with Crippen molar-refractivity contribution in [3.63, 3.8) is 0 Å². The van der Waals surface area contributed by atoms with Crippen molar-refractivity contribution >= 4 is 22.1 Å². The summed E-state index contributed by atoms with van der Waals surface area (Å²) in [6, 6.07) is 6.78. The highest BCUT2D eigenvalue weighted by Crippen LogP contribution is 2.15. The first-order valence-electron chi connectivity index (χ1n) is 7.23. The van der Waals surface area contributed by atoms with E-state index in [2.05, 4.69) is 20.5 Å². The fraction of sp³-hybridized carbons (Fsp3) is 0.267. The lowest BCUT2D eigenvalue weighted by molar-refractivity contribution is 0.445. The standard InChI is InChI=1S/C15H19N5O2S/c1-3-20(4-2)23(21,22)14-7-8-15(17-12-14)19-18-11-13-6-5-9-16-10-13/h5-12H,3-4H2,1-2H3,(H,17,19). The van der Waals surface area contributed by atoms with Crippen molar-refractivity contribution in [3.8, 4) is 0 Å². The number of anilines is 1. The smallest absolute Gasteiger partial charge is 0.244 e. The number of sulfonamides is 1. The molecule has 122 valence electrons. The number of hydrogen-bond donors (Lipinski definition) is 1. The van der Waals surface area contributed by atoms with E-state index in [4.69, 9.17) is 0 Å². The van der Waals surface area contributed by atoms with Gasteiger partial charge in [0.1, 0.15) is 10.7 Å². The van der Waals surface area contributed by atoms with Crippen LogP contribution in [0.25, 0.3) is 0 Å². The summed E-state index contributed by atoms with van der Waals surface area (Å²) in [4.78, 5) is 8.23. The molecular formula is C15H19N5O2S. The maximum Gasteiger partial charge on any atom is 0.244 e. The second-order valence-corrected chi connectivity index (χ2v) is 6.56. The van der Waals surface area contributed by atoms with Crippen molar-refractivity contribution in [1.82, 2.24) is 14.3 Å². The summed E-state index contributed by atoms with van der Waals surface area (Å²) >= 11 is 0. The van der Waals surface area contributed by atoms with Gasteiger partial charge in [-0.1, -0.05) is 19.9 Å². The molecule has 0 aromatic carbocycles. The molecule has 0 atom stereocenters. The summed E-state index contributed by atoms with van der Waals surface area (Å²) in [6.07, 6.45) is 6.30. The van der Waals surface area contributed by atoms with E-state index in [1.807, 2.05) is 12.1 Å². The monoisotopic (exact) mass is 333 g/mol. The Hall–Kier alpha value is -2.32. The van der Waals surface area contributed by atoms with Crippen molar-refractivity contribution < 1.29 is 8.42 Å². The molecule has 0 aliphatic heterocycles. The van der Waals surface area contributed by atoms with Crippen LogP contribution in [0.2, 0.25) is 0 Å². The molecule has 23 heavy (non-hydrogen) atoms. The van der Waals surface area contributed by atoms with Crippen LogP contribution in [0, 0.1) is 0 Å². The van der Waals surface area contributed by atoms with Crippen LogP contribution in [-0.4, -0.2) is 42.0 Å². The average Bonchev–Trinajstić information content (AvgIpc) is 2.57. The Morgan fingerprint density at radius 3 is 2.57 bits per heavy atom. The van der Waals surface area contributed by atoms with Gasteiger partial charge in [-0.05, 0) is 18.2 Å². The minimum Gasteiger partial charge on any atom is -0.264 e. The van der Waals surface area contributed by atoms with Crippen LogP contribution in [-0.2, 0) is 10.0 Å². The van der Waals surface area contributed by atoms with Crippen LogP contribution < -0.4 is 5.43 Å². The molecule has 2 aromatic rings. The largest absolute Gasteiger partial charge is 0.264 e. The Morgan fingerprint density at radius 1 is 1.22 bits per heavy atom. The van der Waals surface area contributed by atoms with Gasteiger partial charge >= 0.3 is 0 Å². The minimum absolute atomic E-state index is 0.169. The number of aromatic nitrogens is 2. The zero-order valence-corrected chi connectivity index (χ0v) is 13.9. The van der Waals surface area contributed by atoms with Crippen LogP contribution in [0.4, 0.5) is 5.82 Å². The highest BCUT2D eigenvalue weighted by atomic mass is 32.2. The Morgan fingerprint density at radius 2 is 2.00 bits per heavy atom. The van der Waals surface area contributed by atoms with Crippen LogP contribution in [0.5, 0.6) is 0 Å². The molecule has 2 heterocycles. The number of nitrogens with zero attached hydrogens (tertiary/aromatic N) is 4. The molecule has 0 spiro atoms. The van der Waals surface area contributed by atoms with Gasteiger partial charge in [0.05, 0.1) is 6.21 Å². The predicted octanol–water partition coefficient (Wildman–Crippen LogP) is 1.95. The van der Waals surface area contributed by atoms with Gasteiger partial charge in [-0.25, -0.2) is 13.4 Å². The lowest BCUT2D eigenvalue weighted by Gasteiger charge is -2.18. The van der Waals surface area contributed by atoms with E-state index >= 15 is 0 Å². The number of pyridine rings is 2. The second kappa shape index (κ2) is 7.80. The topological polar surface area (TPSA) is 87.5 Å². The summed E-state index contributed by atoms with van der Waals surface area (Å²) in [5.74, 6) is 0.462. The van der Waals surface area contributed by atoms with Crippen LogP contribution in [0.3, 0.4) is 0 Å². The van der Waals surface area contributed by atoms with Crippen molar-refractivity contribution in [2.24, 2.45) is 5.10 Å². The van der Waals surface area contributed by atoms with Gasteiger partial charge in [-0.3, -0.25) is 10.4 Å². The number of hydrogen-bond acceptors (Lipinski definition) is 6. The molecule has 0 unspecified atom stereocenters. The Kier molecular flexibility index (Phi) is 5.78. The van der Waals surface area contributed by atoms with Gasteiger partial charge in [-0.2, -0.15) is 9.41 Å². The molecule has 0 radical (unpaired) electrons. The zero-order chi connectivity index (χ0) is 16.7.